The molecular formula is C30H33N3O4S2. The predicted molar refractivity (Wildman–Crippen MR) is 158 cm³/mol. The maximum Gasteiger partial charge on any atom is 0.261 e. The first kappa shape index (κ1) is 28.2. The zero-order valence-corrected chi connectivity index (χ0v) is 24.1. The van der Waals surface area contributed by atoms with Gasteiger partial charge in [-0.2, -0.15) is 0 Å². The monoisotopic (exact) mass is 563 g/mol. The molecule has 1 atom stereocenters. The number of carbonyl (C=O) groups excluding carboxylic acids is 1. The largest absolute Gasteiger partial charge is 0.497 e. The number of amides is 1. The Hall–Kier alpha value is -3.82. The average Bonchev–Trinajstić information content (AvgIpc) is 3.44. The van der Waals surface area contributed by atoms with E-state index in [4.69, 9.17) is 4.74 Å². The Morgan fingerprint density at radius 1 is 0.974 bits per heavy atom. The predicted octanol–water partition coefficient (Wildman–Crippen LogP) is 5.96. The first-order valence-electron chi connectivity index (χ1n) is 12.5. The van der Waals surface area contributed by atoms with Gasteiger partial charge in [-0.3, -0.25) is 9.52 Å². The molecule has 204 valence electrons. The van der Waals surface area contributed by atoms with E-state index in [0.29, 0.717) is 24.4 Å². The van der Waals surface area contributed by atoms with Crippen LogP contribution in [0.5, 0.6) is 5.75 Å². The first-order valence-corrected chi connectivity index (χ1v) is 14.9. The van der Waals surface area contributed by atoms with Gasteiger partial charge in [0.2, 0.25) is 5.91 Å². The maximum atomic E-state index is 13.7. The minimum Gasteiger partial charge on any atom is -0.497 e. The van der Waals surface area contributed by atoms with Crippen LogP contribution in [-0.2, 0) is 27.8 Å². The summed E-state index contributed by atoms with van der Waals surface area (Å²) in [4.78, 5) is 18.6. The van der Waals surface area contributed by atoms with Crippen LogP contribution in [0, 0.1) is 0 Å². The number of sulfonamides is 1. The zero-order valence-electron chi connectivity index (χ0n) is 22.5. The molecule has 4 aromatic rings. The van der Waals surface area contributed by atoms with Crippen molar-refractivity contribution in [3.05, 3.63) is 106 Å². The number of hydrogen-bond donors (Lipinski definition) is 1. The molecule has 9 heteroatoms. The Morgan fingerprint density at radius 3 is 2.31 bits per heavy atom. The van der Waals surface area contributed by atoms with Crippen molar-refractivity contribution in [1.82, 2.24) is 4.90 Å². The smallest absolute Gasteiger partial charge is 0.261 e. The Kier molecular flexibility index (Phi) is 8.93. The second kappa shape index (κ2) is 12.4. The summed E-state index contributed by atoms with van der Waals surface area (Å²) in [5, 5.41) is 1.97. The minimum atomic E-state index is -3.82. The molecule has 4 rings (SSSR count). The number of hydrogen-bond acceptors (Lipinski definition) is 6. The van der Waals surface area contributed by atoms with Crippen molar-refractivity contribution in [1.29, 1.82) is 0 Å². The van der Waals surface area contributed by atoms with E-state index in [9.17, 15) is 13.2 Å². The molecule has 1 N–H and O–H groups in total. The topological polar surface area (TPSA) is 79.0 Å². The van der Waals surface area contributed by atoms with Crippen molar-refractivity contribution < 1.29 is 17.9 Å². The number of carbonyl (C=O) groups is 1. The second-order valence-corrected chi connectivity index (χ2v) is 12.1. The molecule has 7 nitrogen and oxygen atoms in total. The molecule has 0 saturated heterocycles. The number of benzene rings is 3. The highest BCUT2D eigenvalue weighted by Crippen LogP contribution is 2.30. The molecule has 0 aliphatic carbocycles. The summed E-state index contributed by atoms with van der Waals surface area (Å²) in [6.45, 7) is 2.33. The molecular weight excluding hydrogens is 530 g/mol. The van der Waals surface area contributed by atoms with Gasteiger partial charge in [0.05, 0.1) is 24.5 Å². The molecule has 1 aromatic heterocycles. The number of thiophene rings is 1. The van der Waals surface area contributed by atoms with Crippen molar-refractivity contribution in [3.8, 4) is 5.75 Å². The van der Waals surface area contributed by atoms with Crippen LogP contribution in [-0.4, -0.2) is 40.4 Å². The van der Waals surface area contributed by atoms with Gasteiger partial charge in [-0.1, -0.05) is 36.4 Å². The van der Waals surface area contributed by atoms with E-state index in [-0.39, 0.29) is 16.8 Å². The second-order valence-electron chi connectivity index (χ2n) is 9.38. The van der Waals surface area contributed by atoms with Gasteiger partial charge in [0.15, 0.2) is 0 Å². The third-order valence-corrected chi connectivity index (χ3v) is 8.77. The lowest BCUT2D eigenvalue weighted by Gasteiger charge is -2.31. The number of ether oxygens (including phenoxy) is 1. The highest BCUT2D eigenvalue weighted by Gasteiger charge is 2.24. The fourth-order valence-electron chi connectivity index (χ4n) is 4.38. The molecule has 0 aliphatic rings. The Morgan fingerprint density at radius 2 is 1.69 bits per heavy atom. The molecule has 1 amide bonds. The van der Waals surface area contributed by atoms with Crippen LogP contribution in [0.1, 0.15) is 29.0 Å². The number of anilines is 2. The highest BCUT2D eigenvalue weighted by molar-refractivity contribution is 7.92. The van der Waals surface area contributed by atoms with Gasteiger partial charge < -0.3 is 14.5 Å². The zero-order chi connectivity index (χ0) is 28.0. The van der Waals surface area contributed by atoms with E-state index >= 15 is 0 Å². The molecule has 0 saturated carbocycles. The number of rotatable bonds is 11. The van der Waals surface area contributed by atoms with E-state index < -0.39 is 10.0 Å². The molecule has 0 unspecified atom stereocenters. The van der Waals surface area contributed by atoms with E-state index in [2.05, 4.69) is 4.72 Å². The first-order chi connectivity index (χ1) is 18.7. The van der Waals surface area contributed by atoms with Gasteiger partial charge >= 0.3 is 0 Å². The van der Waals surface area contributed by atoms with Gasteiger partial charge in [0.25, 0.3) is 10.0 Å². The van der Waals surface area contributed by atoms with Crippen molar-refractivity contribution >= 4 is 38.6 Å². The van der Waals surface area contributed by atoms with E-state index in [0.717, 1.165) is 21.7 Å². The van der Waals surface area contributed by atoms with Crippen LogP contribution in [0.25, 0.3) is 0 Å². The third-order valence-electron chi connectivity index (χ3n) is 6.50. The van der Waals surface area contributed by atoms with Crippen LogP contribution in [0.4, 0.5) is 11.4 Å². The number of nitrogens with zero attached hydrogens (tertiary/aromatic N) is 2. The standard InChI is InChI=1S/C30H33N3O4S2/c1-22(23-9-6-5-7-10-23)33(30(34)20-27-11-8-18-38-27)21-24-19-25(12-17-29(24)32(2)3)31-39(35,36)28-15-13-26(37-4)14-16-28/h5-19,22,31H,20-21H2,1-4H3/t22-/m1/s1. The van der Waals surface area contributed by atoms with Crippen molar-refractivity contribution in [2.45, 2.75) is 30.8 Å². The van der Waals surface area contributed by atoms with Gasteiger partial charge in [-0.25, -0.2) is 8.42 Å². The lowest BCUT2D eigenvalue weighted by atomic mass is 10.0. The van der Waals surface area contributed by atoms with E-state index in [1.54, 1.807) is 35.6 Å². The van der Waals surface area contributed by atoms with Crippen LogP contribution in [0.2, 0.25) is 0 Å². The molecule has 0 spiro atoms. The SMILES string of the molecule is COc1ccc(S(=O)(=O)Nc2ccc(N(C)C)c(CN(C(=O)Cc3cccs3)[C@H](C)c3ccccc3)c2)cc1. The quantitative estimate of drug-likeness (QED) is 0.244. The summed E-state index contributed by atoms with van der Waals surface area (Å²) in [5.74, 6) is 0.578. The average molecular weight is 564 g/mol. The molecule has 1 heterocycles. The lowest BCUT2D eigenvalue weighted by molar-refractivity contribution is -0.133. The third kappa shape index (κ3) is 6.99. The van der Waals surface area contributed by atoms with Crippen LogP contribution < -0.4 is 14.4 Å². The van der Waals surface area contributed by atoms with Crippen LogP contribution in [0.15, 0.2) is 95.2 Å². The summed E-state index contributed by atoms with van der Waals surface area (Å²) in [5.41, 5.74) is 3.18. The van der Waals surface area contributed by atoms with Crippen LogP contribution in [0.3, 0.4) is 0 Å². The summed E-state index contributed by atoms with van der Waals surface area (Å²) in [6, 6.07) is 25.3. The molecule has 39 heavy (non-hydrogen) atoms. The van der Waals surface area contributed by atoms with E-state index in [1.165, 1.54) is 19.2 Å². The lowest BCUT2D eigenvalue weighted by Crippen LogP contribution is -2.34. The van der Waals surface area contributed by atoms with Gasteiger partial charge in [-0.15, -0.1) is 11.3 Å². The molecule has 0 fully saturated rings. The molecule has 0 bridgehead atoms. The van der Waals surface area contributed by atoms with Gasteiger partial charge in [0, 0.05) is 36.9 Å². The van der Waals surface area contributed by atoms with Crippen molar-refractivity contribution in [2.24, 2.45) is 0 Å². The number of methoxy groups -OCH3 is 1. The summed E-state index contributed by atoms with van der Waals surface area (Å²) in [6.07, 6.45) is 0.302. The summed E-state index contributed by atoms with van der Waals surface area (Å²) < 4.78 is 34.0. The summed E-state index contributed by atoms with van der Waals surface area (Å²) in [7, 11) is 1.56. The van der Waals surface area contributed by atoms with Crippen LogP contribution >= 0.6 is 11.3 Å². The Bertz CT molecular complexity index is 1490. The highest BCUT2D eigenvalue weighted by atomic mass is 32.2. The van der Waals surface area contributed by atoms with Gasteiger partial charge in [0.1, 0.15) is 5.75 Å². The minimum absolute atomic E-state index is 0.00252. The fourth-order valence-corrected chi connectivity index (χ4v) is 6.13. The molecule has 3 aromatic carbocycles. The normalized spacial score (nSPS) is 12.0. The Balaban J connectivity index is 1.67. The Labute approximate surface area is 234 Å². The van der Waals surface area contributed by atoms with Gasteiger partial charge in [-0.05, 0) is 72.0 Å². The summed E-state index contributed by atoms with van der Waals surface area (Å²) >= 11 is 1.56. The molecule has 0 aliphatic heterocycles. The van der Waals surface area contributed by atoms with E-state index in [1.807, 2.05) is 84.7 Å². The van der Waals surface area contributed by atoms with Crippen molar-refractivity contribution in [2.75, 3.05) is 30.8 Å². The maximum absolute atomic E-state index is 13.7. The molecule has 0 radical (unpaired) electrons. The number of nitrogens with one attached hydrogen (secondary N) is 1. The van der Waals surface area contributed by atoms with Crippen molar-refractivity contribution in [3.63, 3.8) is 0 Å². The fraction of sp³-hybridized carbons (Fsp3) is 0.233.